The number of aromatic nitrogens is 3. The highest BCUT2D eigenvalue weighted by atomic mass is 16.6. The molecule has 2 atom stereocenters. The first kappa shape index (κ1) is 24.6. The van der Waals surface area contributed by atoms with Gasteiger partial charge in [-0.2, -0.15) is 5.10 Å². The molecule has 0 radical (unpaired) electrons. The highest BCUT2D eigenvalue weighted by Gasteiger charge is 2.31. The van der Waals surface area contributed by atoms with Gasteiger partial charge in [-0.1, -0.05) is 19.9 Å². The normalized spacial score (nSPS) is 20.7. The van der Waals surface area contributed by atoms with Crippen LogP contribution in [0.25, 0.3) is 16.6 Å². The molecule has 1 amide bonds. The van der Waals surface area contributed by atoms with E-state index in [0.717, 1.165) is 30.0 Å². The molecule has 2 aromatic heterocycles. The van der Waals surface area contributed by atoms with E-state index in [4.69, 9.17) is 20.9 Å². The molecule has 1 aromatic carbocycles. The summed E-state index contributed by atoms with van der Waals surface area (Å²) in [6.45, 7) is 11.4. The minimum absolute atomic E-state index is 0.158. The average Bonchev–Trinajstić information content (AvgIpc) is 3.17. The average molecular weight is 482 g/mol. The molecule has 35 heavy (non-hydrogen) atoms. The van der Waals surface area contributed by atoms with Crippen LogP contribution in [0.4, 0.5) is 22.1 Å². The molecular formula is C25H35N7O3. The van der Waals surface area contributed by atoms with Gasteiger partial charge in [0.25, 0.3) is 0 Å². The molecule has 1 aliphatic rings. The second-order valence-corrected chi connectivity index (χ2v) is 10.3. The maximum Gasteiger partial charge on any atom is 0.412 e. The summed E-state index contributed by atoms with van der Waals surface area (Å²) in [5.41, 5.74) is 15.0. The lowest BCUT2D eigenvalue weighted by atomic mass is 9.86. The van der Waals surface area contributed by atoms with E-state index < -0.39 is 11.7 Å². The summed E-state index contributed by atoms with van der Waals surface area (Å²) in [7, 11) is 1.56. The van der Waals surface area contributed by atoms with E-state index in [1.165, 1.54) is 6.33 Å². The Morgan fingerprint density at radius 2 is 1.86 bits per heavy atom. The summed E-state index contributed by atoms with van der Waals surface area (Å²) in [5, 5.41) is 7.27. The maximum absolute atomic E-state index is 12.3. The number of benzene rings is 1. The number of methoxy groups -OCH3 is 1. The van der Waals surface area contributed by atoms with Crippen LogP contribution in [0.5, 0.6) is 5.75 Å². The number of ether oxygens (including phenoxy) is 2. The number of nitrogens with one attached hydrogen (secondary N) is 1. The number of carbonyl (C=O) groups excluding carboxylic acids is 1. The zero-order chi connectivity index (χ0) is 25.5. The number of nitrogens with two attached hydrogens (primary N) is 2. The fourth-order valence-electron chi connectivity index (χ4n) is 4.63. The van der Waals surface area contributed by atoms with Crippen molar-refractivity contribution in [1.82, 2.24) is 14.6 Å². The third-order valence-corrected chi connectivity index (χ3v) is 6.37. The van der Waals surface area contributed by atoms with Crippen molar-refractivity contribution in [3.05, 3.63) is 30.6 Å². The number of anilines is 3. The number of piperidine rings is 1. The molecule has 10 heteroatoms. The number of rotatable bonds is 4. The molecule has 1 saturated heterocycles. The first-order valence-electron chi connectivity index (χ1n) is 11.8. The Balaban J connectivity index is 1.74. The number of hydrogen-bond donors (Lipinski definition) is 3. The van der Waals surface area contributed by atoms with Crippen molar-refractivity contribution in [2.24, 2.45) is 17.6 Å². The minimum Gasteiger partial charge on any atom is -0.495 e. The smallest absolute Gasteiger partial charge is 0.412 e. The molecule has 3 aromatic rings. The number of hydrogen-bond acceptors (Lipinski definition) is 8. The van der Waals surface area contributed by atoms with E-state index in [2.05, 4.69) is 40.2 Å². The van der Waals surface area contributed by atoms with Crippen LogP contribution >= 0.6 is 0 Å². The van der Waals surface area contributed by atoms with Gasteiger partial charge in [0.1, 0.15) is 29.0 Å². The standard InChI is InChI=1S/C25H35N7O3/c1-14-11-31(12-15(2)21(14)26)20-10-17(22-23(27)28-13-29-32(20)22)16-7-8-18(19(9-16)34-6)30-24(33)35-25(3,4)5/h7-10,13-15,21H,11-12,26H2,1-6H3,(H,30,33)(H2,27,28,29). The van der Waals surface area contributed by atoms with Crippen molar-refractivity contribution in [2.45, 2.75) is 46.3 Å². The van der Waals surface area contributed by atoms with Crippen LogP contribution in [-0.2, 0) is 4.74 Å². The SMILES string of the molecule is COc1cc(-c2cc(N3CC(C)C(N)C(C)C3)n3ncnc(N)c23)ccc1NC(=O)OC(C)(C)C. The summed E-state index contributed by atoms with van der Waals surface area (Å²) in [4.78, 5) is 18.8. The molecule has 0 saturated carbocycles. The zero-order valence-corrected chi connectivity index (χ0v) is 21.2. The zero-order valence-electron chi connectivity index (χ0n) is 21.2. The Morgan fingerprint density at radius 3 is 2.49 bits per heavy atom. The van der Waals surface area contributed by atoms with E-state index in [1.54, 1.807) is 13.2 Å². The maximum atomic E-state index is 12.3. The van der Waals surface area contributed by atoms with Crippen molar-refractivity contribution in [2.75, 3.05) is 36.1 Å². The molecule has 3 heterocycles. The monoisotopic (exact) mass is 481 g/mol. The van der Waals surface area contributed by atoms with Gasteiger partial charge in [-0.15, -0.1) is 0 Å². The van der Waals surface area contributed by atoms with Gasteiger partial charge in [0, 0.05) is 24.7 Å². The molecule has 4 rings (SSSR count). The molecule has 188 valence electrons. The predicted octanol–water partition coefficient (Wildman–Crippen LogP) is 3.75. The highest BCUT2D eigenvalue weighted by Crippen LogP contribution is 2.39. The number of amides is 1. The Bertz CT molecular complexity index is 1220. The van der Waals surface area contributed by atoms with Gasteiger partial charge < -0.3 is 25.8 Å². The van der Waals surface area contributed by atoms with Crippen LogP contribution in [0.15, 0.2) is 30.6 Å². The van der Waals surface area contributed by atoms with Crippen molar-refractivity contribution in [3.63, 3.8) is 0 Å². The van der Waals surface area contributed by atoms with E-state index >= 15 is 0 Å². The fraction of sp³-hybridized carbons (Fsp3) is 0.480. The molecular weight excluding hydrogens is 446 g/mol. The van der Waals surface area contributed by atoms with Gasteiger partial charge in [-0.05, 0) is 56.4 Å². The summed E-state index contributed by atoms with van der Waals surface area (Å²) in [5.74, 6) is 2.49. The first-order valence-corrected chi connectivity index (χ1v) is 11.8. The summed E-state index contributed by atoms with van der Waals surface area (Å²) >= 11 is 0. The number of carbonyl (C=O) groups is 1. The topological polar surface area (TPSA) is 133 Å². The molecule has 5 N–H and O–H groups in total. The summed E-state index contributed by atoms with van der Waals surface area (Å²) < 4.78 is 12.8. The van der Waals surface area contributed by atoms with Crippen molar-refractivity contribution < 1.29 is 14.3 Å². The van der Waals surface area contributed by atoms with Crippen LogP contribution in [-0.4, -0.2) is 52.5 Å². The van der Waals surface area contributed by atoms with Crippen molar-refractivity contribution >= 4 is 28.9 Å². The van der Waals surface area contributed by atoms with Gasteiger partial charge >= 0.3 is 6.09 Å². The lowest BCUT2D eigenvalue weighted by Crippen LogP contribution is -2.51. The molecule has 1 fully saturated rings. The van der Waals surface area contributed by atoms with Gasteiger partial charge in [0.2, 0.25) is 0 Å². The van der Waals surface area contributed by atoms with Gasteiger partial charge in [0.05, 0.1) is 12.8 Å². The Labute approximate surface area is 205 Å². The summed E-state index contributed by atoms with van der Waals surface area (Å²) in [6, 6.07) is 7.77. The first-order chi connectivity index (χ1) is 16.5. The molecule has 0 aliphatic carbocycles. The van der Waals surface area contributed by atoms with Gasteiger partial charge in [-0.25, -0.2) is 14.3 Å². The van der Waals surface area contributed by atoms with Crippen LogP contribution in [0.3, 0.4) is 0 Å². The quantitative estimate of drug-likeness (QED) is 0.513. The molecule has 0 bridgehead atoms. The lowest BCUT2D eigenvalue weighted by Gasteiger charge is -2.40. The Hall–Kier alpha value is -3.53. The van der Waals surface area contributed by atoms with E-state index in [9.17, 15) is 4.79 Å². The lowest BCUT2D eigenvalue weighted by molar-refractivity contribution is 0.0635. The summed E-state index contributed by atoms with van der Waals surface area (Å²) in [6.07, 6.45) is 0.913. The van der Waals surface area contributed by atoms with Crippen LogP contribution in [0.1, 0.15) is 34.6 Å². The largest absolute Gasteiger partial charge is 0.495 e. The van der Waals surface area contributed by atoms with Gasteiger partial charge in [-0.3, -0.25) is 5.32 Å². The second kappa shape index (κ2) is 9.26. The van der Waals surface area contributed by atoms with E-state index in [1.807, 2.05) is 37.4 Å². The van der Waals surface area contributed by atoms with Crippen LogP contribution in [0.2, 0.25) is 0 Å². The number of fused-ring (bicyclic) bond motifs is 1. The van der Waals surface area contributed by atoms with Crippen molar-refractivity contribution in [3.8, 4) is 16.9 Å². The van der Waals surface area contributed by atoms with Crippen LogP contribution in [0, 0.1) is 11.8 Å². The second-order valence-electron chi connectivity index (χ2n) is 10.3. The molecule has 2 unspecified atom stereocenters. The molecule has 0 spiro atoms. The number of nitrogen functional groups attached to an aromatic ring is 1. The third-order valence-electron chi connectivity index (χ3n) is 6.37. The molecule has 1 aliphatic heterocycles. The minimum atomic E-state index is -0.607. The predicted molar refractivity (Wildman–Crippen MR) is 138 cm³/mol. The Kier molecular flexibility index (Phi) is 6.50. The van der Waals surface area contributed by atoms with E-state index in [0.29, 0.717) is 34.6 Å². The highest BCUT2D eigenvalue weighted by molar-refractivity contribution is 5.93. The fourth-order valence-corrected chi connectivity index (χ4v) is 4.63. The van der Waals surface area contributed by atoms with Gasteiger partial charge in [0.15, 0.2) is 5.82 Å². The Morgan fingerprint density at radius 1 is 1.17 bits per heavy atom. The third kappa shape index (κ3) is 4.97. The van der Waals surface area contributed by atoms with Crippen molar-refractivity contribution in [1.29, 1.82) is 0 Å². The van der Waals surface area contributed by atoms with E-state index in [-0.39, 0.29) is 6.04 Å². The molecule has 10 nitrogen and oxygen atoms in total. The number of nitrogens with zero attached hydrogens (tertiary/aromatic N) is 4. The van der Waals surface area contributed by atoms with Crippen LogP contribution < -0.4 is 26.4 Å².